The molecule has 1 unspecified atom stereocenters. The number of hydrogen-bond donors (Lipinski definition) is 1. The van der Waals surface area contributed by atoms with Crippen LogP contribution in [0.5, 0.6) is 0 Å². The predicted molar refractivity (Wildman–Crippen MR) is 77.4 cm³/mol. The molecule has 1 aromatic rings. The van der Waals surface area contributed by atoms with E-state index in [1.165, 1.54) is 0 Å². The highest BCUT2D eigenvalue weighted by Crippen LogP contribution is 2.43. The Morgan fingerprint density at radius 2 is 2.06 bits per heavy atom. The van der Waals surface area contributed by atoms with Crippen LogP contribution in [0.2, 0.25) is 0 Å². The third-order valence-corrected chi connectivity index (χ3v) is 4.26. The van der Waals surface area contributed by atoms with Crippen LogP contribution in [0.3, 0.4) is 0 Å². The zero-order valence-corrected chi connectivity index (χ0v) is 12.3. The van der Waals surface area contributed by atoms with Crippen LogP contribution in [0.1, 0.15) is 73.9 Å². The summed E-state index contributed by atoms with van der Waals surface area (Å²) in [4.78, 5) is 4.73. The second-order valence-corrected chi connectivity index (χ2v) is 6.01. The lowest BCUT2D eigenvalue weighted by Gasteiger charge is -2.18. The summed E-state index contributed by atoms with van der Waals surface area (Å²) in [5.41, 5.74) is 4.08. The Labute approximate surface area is 115 Å². The Balaban J connectivity index is 2.52. The summed E-state index contributed by atoms with van der Waals surface area (Å²) in [6.45, 7) is 5.99. The van der Waals surface area contributed by atoms with Gasteiger partial charge in [-0.25, -0.2) is 4.39 Å². The minimum absolute atomic E-state index is 0.331. The summed E-state index contributed by atoms with van der Waals surface area (Å²) >= 11 is 4.35. The van der Waals surface area contributed by atoms with E-state index in [1.807, 2.05) is 0 Å². The monoisotopic (exact) mass is 267 g/mol. The maximum atomic E-state index is 13.4. The molecular formula is C15H22FNS. The lowest BCUT2D eigenvalue weighted by Crippen LogP contribution is -2.08. The first-order valence-electron chi connectivity index (χ1n) is 6.78. The van der Waals surface area contributed by atoms with Crippen LogP contribution >= 0.6 is 12.6 Å². The highest BCUT2D eigenvalue weighted by Gasteiger charge is 2.30. The van der Waals surface area contributed by atoms with Crippen molar-refractivity contribution in [2.45, 2.75) is 58.0 Å². The van der Waals surface area contributed by atoms with Gasteiger partial charge >= 0.3 is 0 Å². The molecule has 1 fully saturated rings. The molecule has 0 bridgehead atoms. The van der Waals surface area contributed by atoms with Gasteiger partial charge in [0.1, 0.15) is 6.67 Å². The molecule has 1 nitrogen and oxygen atoms in total. The topological polar surface area (TPSA) is 12.9 Å². The highest BCUT2D eigenvalue weighted by atomic mass is 32.1. The van der Waals surface area contributed by atoms with Gasteiger partial charge in [-0.1, -0.05) is 20.8 Å². The van der Waals surface area contributed by atoms with Gasteiger partial charge in [0.15, 0.2) is 0 Å². The molecule has 1 heterocycles. The first-order chi connectivity index (χ1) is 8.58. The Hall–Kier alpha value is -0.570. The fourth-order valence-electron chi connectivity index (χ4n) is 2.33. The summed E-state index contributed by atoms with van der Waals surface area (Å²) in [5, 5.41) is 0. The van der Waals surface area contributed by atoms with Crippen molar-refractivity contribution in [3.05, 3.63) is 28.6 Å². The van der Waals surface area contributed by atoms with E-state index in [1.54, 1.807) is 0 Å². The molecule has 18 heavy (non-hydrogen) atoms. The molecule has 0 saturated heterocycles. The molecule has 1 atom stereocenters. The van der Waals surface area contributed by atoms with Crippen molar-refractivity contribution >= 4 is 12.6 Å². The Bertz CT molecular complexity index is 403. The van der Waals surface area contributed by atoms with Crippen LogP contribution in [0.25, 0.3) is 0 Å². The van der Waals surface area contributed by atoms with Gasteiger partial charge < -0.3 is 0 Å². The van der Waals surface area contributed by atoms with E-state index < -0.39 is 0 Å². The number of rotatable bonds is 5. The molecular weight excluding hydrogens is 245 g/mol. The molecule has 0 spiro atoms. The zero-order chi connectivity index (χ0) is 13.3. The second kappa shape index (κ2) is 5.60. The van der Waals surface area contributed by atoms with Gasteiger partial charge in [0.25, 0.3) is 0 Å². The molecule has 1 aromatic heterocycles. The standard InChI is InChI=1S/C15H22FNS/c1-9(2)12-6-14(10(3)8-18)17-15(11-4-5-11)13(12)7-16/h6,9-11,18H,4-5,7-8H2,1-3H3. The van der Waals surface area contributed by atoms with E-state index in [0.29, 0.717) is 17.8 Å². The number of nitrogens with zero attached hydrogens (tertiary/aromatic N) is 1. The number of thiol groups is 1. The zero-order valence-electron chi connectivity index (χ0n) is 11.4. The average Bonchev–Trinajstić information content (AvgIpc) is 3.20. The van der Waals surface area contributed by atoms with E-state index in [2.05, 4.69) is 39.5 Å². The summed E-state index contributed by atoms with van der Waals surface area (Å²) in [6, 6.07) is 2.09. The summed E-state index contributed by atoms with van der Waals surface area (Å²) in [5.74, 6) is 1.96. The van der Waals surface area contributed by atoms with E-state index in [4.69, 9.17) is 4.98 Å². The first-order valence-corrected chi connectivity index (χ1v) is 7.42. The molecule has 0 radical (unpaired) electrons. The molecule has 0 N–H and O–H groups in total. The first kappa shape index (κ1) is 13.9. The number of aromatic nitrogens is 1. The van der Waals surface area contributed by atoms with Crippen LogP contribution in [0, 0.1) is 0 Å². The van der Waals surface area contributed by atoms with Gasteiger partial charge in [-0.15, -0.1) is 0 Å². The van der Waals surface area contributed by atoms with Gasteiger partial charge in [-0.2, -0.15) is 12.6 Å². The van der Waals surface area contributed by atoms with Crippen LogP contribution in [-0.2, 0) is 6.67 Å². The summed E-state index contributed by atoms with van der Waals surface area (Å²) in [7, 11) is 0. The second-order valence-electron chi connectivity index (χ2n) is 5.65. The molecule has 100 valence electrons. The van der Waals surface area contributed by atoms with Crippen molar-refractivity contribution in [3.8, 4) is 0 Å². The van der Waals surface area contributed by atoms with Gasteiger partial charge in [0.05, 0.1) is 0 Å². The van der Waals surface area contributed by atoms with Crippen LogP contribution in [0.4, 0.5) is 4.39 Å². The number of pyridine rings is 1. The molecule has 2 rings (SSSR count). The predicted octanol–water partition coefficient (Wildman–Crippen LogP) is 4.59. The number of alkyl halides is 1. The fourth-order valence-corrected chi connectivity index (χ4v) is 2.52. The maximum absolute atomic E-state index is 13.4. The Morgan fingerprint density at radius 1 is 1.39 bits per heavy atom. The Morgan fingerprint density at radius 3 is 2.50 bits per heavy atom. The molecule has 0 aromatic carbocycles. The smallest absolute Gasteiger partial charge is 0.117 e. The van der Waals surface area contributed by atoms with Crippen molar-refractivity contribution in [2.75, 3.05) is 5.75 Å². The van der Waals surface area contributed by atoms with E-state index in [-0.39, 0.29) is 6.67 Å². The SMILES string of the molecule is CC(C)c1cc(C(C)CS)nc(C2CC2)c1CF. The average molecular weight is 267 g/mol. The third-order valence-electron chi connectivity index (χ3n) is 3.71. The van der Waals surface area contributed by atoms with E-state index in [0.717, 1.165) is 41.1 Å². The van der Waals surface area contributed by atoms with Crippen molar-refractivity contribution in [2.24, 2.45) is 0 Å². The molecule has 0 amide bonds. The van der Waals surface area contributed by atoms with Gasteiger partial charge in [0, 0.05) is 28.8 Å². The molecule has 1 aliphatic carbocycles. The normalized spacial score (nSPS) is 17.2. The number of hydrogen-bond acceptors (Lipinski definition) is 2. The lowest BCUT2D eigenvalue weighted by molar-refractivity contribution is 0.475. The van der Waals surface area contributed by atoms with Gasteiger partial charge in [-0.3, -0.25) is 4.98 Å². The minimum Gasteiger partial charge on any atom is -0.257 e. The van der Waals surface area contributed by atoms with Crippen molar-refractivity contribution in [3.63, 3.8) is 0 Å². The summed E-state index contributed by atoms with van der Waals surface area (Å²) < 4.78 is 13.4. The van der Waals surface area contributed by atoms with Crippen molar-refractivity contribution < 1.29 is 4.39 Å². The largest absolute Gasteiger partial charge is 0.257 e. The van der Waals surface area contributed by atoms with Crippen LogP contribution in [-0.4, -0.2) is 10.7 Å². The molecule has 1 saturated carbocycles. The minimum atomic E-state index is -0.387. The fraction of sp³-hybridized carbons (Fsp3) is 0.667. The van der Waals surface area contributed by atoms with Crippen molar-refractivity contribution in [1.82, 2.24) is 4.98 Å². The number of halogens is 1. The third kappa shape index (κ3) is 2.71. The molecule has 3 heteroatoms. The van der Waals surface area contributed by atoms with Gasteiger partial charge in [0.2, 0.25) is 0 Å². The highest BCUT2D eigenvalue weighted by molar-refractivity contribution is 7.80. The lowest BCUT2D eigenvalue weighted by atomic mass is 9.92. The Kier molecular flexibility index (Phi) is 4.31. The van der Waals surface area contributed by atoms with E-state index in [9.17, 15) is 4.39 Å². The summed E-state index contributed by atoms with van der Waals surface area (Å²) in [6.07, 6.45) is 2.33. The van der Waals surface area contributed by atoms with Crippen LogP contribution in [0.15, 0.2) is 6.07 Å². The molecule has 1 aliphatic rings. The quantitative estimate of drug-likeness (QED) is 0.770. The van der Waals surface area contributed by atoms with E-state index >= 15 is 0 Å². The maximum Gasteiger partial charge on any atom is 0.117 e. The van der Waals surface area contributed by atoms with Crippen molar-refractivity contribution in [1.29, 1.82) is 0 Å². The van der Waals surface area contributed by atoms with Gasteiger partial charge in [-0.05, 0) is 36.1 Å². The molecule has 0 aliphatic heterocycles. The van der Waals surface area contributed by atoms with Crippen LogP contribution < -0.4 is 0 Å².